The first-order valence-corrected chi connectivity index (χ1v) is 11.6. The van der Waals surface area contributed by atoms with Gasteiger partial charge in [0.1, 0.15) is 0 Å². The van der Waals surface area contributed by atoms with Gasteiger partial charge < -0.3 is 0 Å². The van der Waals surface area contributed by atoms with Gasteiger partial charge in [-0.15, -0.1) is 0 Å². The third-order valence-corrected chi connectivity index (χ3v) is 7.47. The predicted octanol–water partition coefficient (Wildman–Crippen LogP) is 7.16. The van der Waals surface area contributed by atoms with E-state index in [1.54, 1.807) is 23.5 Å². The van der Waals surface area contributed by atoms with Gasteiger partial charge in [-0.05, 0) is 72.8 Å². The number of hydrogen-bond acceptors (Lipinski definition) is 3. The number of rotatable bonds is 6. The minimum Gasteiger partial charge on any atom is -0.249 e. The lowest BCUT2D eigenvalue weighted by Crippen LogP contribution is -1.92. The maximum absolute atomic E-state index is 12.9. The lowest BCUT2D eigenvalue weighted by Gasteiger charge is -2.06. The van der Waals surface area contributed by atoms with E-state index in [1.807, 2.05) is 84.9 Å². The first-order valence-electron chi connectivity index (χ1n) is 8.86. The van der Waals surface area contributed by atoms with Gasteiger partial charge in [0.2, 0.25) is 0 Å². The SMILES string of the molecule is O=S(c1ccc(Sc2ccccc2)cc1)c1ccc(Sc2ccccc2)cc1. The van der Waals surface area contributed by atoms with E-state index in [1.165, 1.54) is 9.79 Å². The molecule has 0 atom stereocenters. The molecule has 1 nitrogen and oxygen atoms in total. The van der Waals surface area contributed by atoms with E-state index >= 15 is 0 Å². The van der Waals surface area contributed by atoms with Crippen LogP contribution >= 0.6 is 23.5 Å². The van der Waals surface area contributed by atoms with E-state index in [0.717, 1.165) is 19.6 Å². The highest BCUT2D eigenvalue weighted by atomic mass is 32.2. The molecule has 0 heterocycles. The smallest absolute Gasteiger partial charge is 0.0849 e. The summed E-state index contributed by atoms with van der Waals surface area (Å²) in [7, 11) is -1.17. The van der Waals surface area contributed by atoms with Crippen LogP contribution < -0.4 is 0 Å². The summed E-state index contributed by atoms with van der Waals surface area (Å²) >= 11 is 3.41. The molecule has 0 aliphatic rings. The summed E-state index contributed by atoms with van der Waals surface area (Å²) < 4.78 is 12.9. The molecule has 0 radical (unpaired) electrons. The molecule has 0 fully saturated rings. The van der Waals surface area contributed by atoms with Crippen LogP contribution in [0.15, 0.2) is 139 Å². The Labute approximate surface area is 176 Å². The highest BCUT2D eigenvalue weighted by Crippen LogP contribution is 2.30. The molecule has 4 aromatic carbocycles. The van der Waals surface area contributed by atoms with Crippen molar-refractivity contribution in [1.82, 2.24) is 0 Å². The van der Waals surface area contributed by atoms with Gasteiger partial charge >= 0.3 is 0 Å². The van der Waals surface area contributed by atoms with E-state index < -0.39 is 10.8 Å². The molecule has 0 saturated heterocycles. The summed E-state index contributed by atoms with van der Waals surface area (Å²) in [6, 6.07) is 36.5. The monoisotopic (exact) mass is 418 g/mol. The molecule has 4 rings (SSSR count). The average Bonchev–Trinajstić information content (AvgIpc) is 2.76. The molecule has 4 aromatic rings. The summed E-state index contributed by atoms with van der Waals surface area (Å²) in [5, 5.41) is 0. The second-order valence-corrected chi connectivity index (χ2v) is 9.82. The molecule has 0 saturated carbocycles. The second kappa shape index (κ2) is 9.28. The Hall–Kier alpha value is -2.27. The Balaban J connectivity index is 1.44. The predicted molar refractivity (Wildman–Crippen MR) is 119 cm³/mol. The molecule has 0 bridgehead atoms. The van der Waals surface area contributed by atoms with Gasteiger partial charge in [-0.2, -0.15) is 0 Å². The fraction of sp³-hybridized carbons (Fsp3) is 0. The van der Waals surface area contributed by atoms with Crippen LogP contribution in [0.4, 0.5) is 0 Å². The van der Waals surface area contributed by atoms with Crippen LogP contribution in [0.25, 0.3) is 0 Å². The first kappa shape index (κ1) is 19.1. The third kappa shape index (κ3) is 4.96. The van der Waals surface area contributed by atoms with Gasteiger partial charge in [0.05, 0.1) is 10.8 Å². The van der Waals surface area contributed by atoms with Gasteiger partial charge in [0.25, 0.3) is 0 Å². The lowest BCUT2D eigenvalue weighted by atomic mass is 10.4. The standard InChI is InChI=1S/C24H18OS3/c25-28(23-15-11-21(12-16-23)26-19-7-3-1-4-8-19)24-17-13-22(14-18-24)27-20-9-5-2-6-10-20/h1-18H. The first-order chi connectivity index (χ1) is 13.8. The molecule has 138 valence electrons. The zero-order valence-corrected chi connectivity index (χ0v) is 17.5. The zero-order chi connectivity index (χ0) is 19.2. The van der Waals surface area contributed by atoms with Crippen molar-refractivity contribution >= 4 is 34.3 Å². The van der Waals surface area contributed by atoms with Crippen LogP contribution in [-0.4, -0.2) is 4.21 Å². The van der Waals surface area contributed by atoms with Crippen LogP contribution in [0.3, 0.4) is 0 Å². The van der Waals surface area contributed by atoms with Gasteiger partial charge in [-0.25, -0.2) is 4.21 Å². The lowest BCUT2D eigenvalue weighted by molar-refractivity contribution is 0.683. The molecule has 0 aromatic heterocycles. The Bertz CT molecular complexity index is 958. The molecule has 0 aliphatic carbocycles. The Morgan fingerprint density at radius 2 is 0.750 bits per heavy atom. The quantitative estimate of drug-likeness (QED) is 0.331. The van der Waals surface area contributed by atoms with Crippen molar-refractivity contribution in [1.29, 1.82) is 0 Å². The Kier molecular flexibility index (Phi) is 6.32. The van der Waals surface area contributed by atoms with Gasteiger partial charge in [0, 0.05) is 29.4 Å². The highest BCUT2D eigenvalue weighted by Gasteiger charge is 2.08. The van der Waals surface area contributed by atoms with Crippen molar-refractivity contribution in [3.63, 3.8) is 0 Å². The largest absolute Gasteiger partial charge is 0.249 e. The second-order valence-electron chi connectivity index (χ2n) is 6.04. The van der Waals surface area contributed by atoms with Crippen molar-refractivity contribution in [3.05, 3.63) is 109 Å². The van der Waals surface area contributed by atoms with Gasteiger partial charge in [-0.1, -0.05) is 59.9 Å². The fourth-order valence-corrected chi connectivity index (χ4v) is 5.36. The molecule has 0 spiro atoms. The van der Waals surface area contributed by atoms with Crippen molar-refractivity contribution in [2.75, 3.05) is 0 Å². The molecule has 28 heavy (non-hydrogen) atoms. The summed E-state index contributed by atoms with van der Waals surface area (Å²) in [6.45, 7) is 0. The van der Waals surface area contributed by atoms with Crippen molar-refractivity contribution in [2.24, 2.45) is 0 Å². The van der Waals surface area contributed by atoms with Crippen molar-refractivity contribution in [2.45, 2.75) is 29.4 Å². The van der Waals surface area contributed by atoms with Crippen LogP contribution in [0.1, 0.15) is 0 Å². The van der Waals surface area contributed by atoms with Crippen molar-refractivity contribution in [3.8, 4) is 0 Å². The van der Waals surface area contributed by atoms with E-state index in [9.17, 15) is 4.21 Å². The Morgan fingerprint density at radius 1 is 0.429 bits per heavy atom. The molecule has 4 heteroatoms. The van der Waals surface area contributed by atoms with Crippen molar-refractivity contribution < 1.29 is 4.21 Å². The normalized spacial score (nSPS) is 10.9. The average molecular weight is 419 g/mol. The molecule has 0 unspecified atom stereocenters. The fourth-order valence-electron chi connectivity index (χ4n) is 2.65. The zero-order valence-electron chi connectivity index (χ0n) is 15.0. The highest BCUT2D eigenvalue weighted by molar-refractivity contribution is 7.99. The van der Waals surface area contributed by atoms with Gasteiger partial charge in [0.15, 0.2) is 0 Å². The third-order valence-electron chi connectivity index (χ3n) is 4.03. The Morgan fingerprint density at radius 3 is 1.11 bits per heavy atom. The van der Waals surface area contributed by atoms with Crippen LogP contribution in [0.5, 0.6) is 0 Å². The summed E-state index contributed by atoms with van der Waals surface area (Å²) in [4.78, 5) is 6.32. The summed E-state index contributed by atoms with van der Waals surface area (Å²) in [5.41, 5.74) is 0. The van der Waals surface area contributed by atoms with E-state index in [-0.39, 0.29) is 0 Å². The summed E-state index contributed by atoms with van der Waals surface area (Å²) in [5.74, 6) is 0. The van der Waals surface area contributed by atoms with E-state index in [4.69, 9.17) is 0 Å². The molecule has 0 aliphatic heterocycles. The summed E-state index contributed by atoms with van der Waals surface area (Å²) in [6.07, 6.45) is 0. The molecular formula is C24H18OS3. The maximum atomic E-state index is 12.9. The number of benzene rings is 4. The van der Waals surface area contributed by atoms with Crippen LogP contribution in [0.2, 0.25) is 0 Å². The molecule has 0 amide bonds. The van der Waals surface area contributed by atoms with Gasteiger partial charge in [-0.3, -0.25) is 0 Å². The molecular weight excluding hydrogens is 400 g/mol. The minimum atomic E-state index is -1.17. The maximum Gasteiger partial charge on any atom is 0.0849 e. The van der Waals surface area contributed by atoms with E-state index in [2.05, 4.69) is 24.3 Å². The van der Waals surface area contributed by atoms with E-state index in [0.29, 0.717) is 0 Å². The molecule has 0 N–H and O–H groups in total. The minimum absolute atomic E-state index is 0.820. The topological polar surface area (TPSA) is 17.1 Å². The van der Waals surface area contributed by atoms with Crippen LogP contribution in [0, 0.1) is 0 Å². The number of hydrogen-bond donors (Lipinski definition) is 0. The van der Waals surface area contributed by atoms with Crippen LogP contribution in [-0.2, 0) is 10.8 Å².